The zero-order valence-corrected chi connectivity index (χ0v) is 22.5. The number of esters is 1. The van der Waals surface area contributed by atoms with Gasteiger partial charge in [0.1, 0.15) is 23.8 Å². The second-order valence-electron chi connectivity index (χ2n) is 9.79. The second-order valence-corrected chi connectivity index (χ2v) is 9.79. The van der Waals surface area contributed by atoms with Crippen LogP contribution in [0, 0.1) is 11.7 Å². The number of rotatable bonds is 17. The van der Waals surface area contributed by atoms with Crippen molar-refractivity contribution in [3.05, 3.63) is 53.8 Å². The van der Waals surface area contributed by atoms with E-state index in [0.717, 1.165) is 18.9 Å². The van der Waals surface area contributed by atoms with Crippen LogP contribution in [0.15, 0.2) is 42.5 Å². The SMILES string of the molecule is CCCCCCCCCCOc1ccc(OC(=O)c2ccc(O[C@@H](C)[C@@H](F)C(F)C(C)C)c(F)c2)cc1. The number of ether oxygens (including phenoxy) is 3. The Hall–Kier alpha value is -2.70. The highest BCUT2D eigenvalue weighted by molar-refractivity contribution is 5.91. The van der Waals surface area contributed by atoms with Crippen molar-refractivity contribution in [1.29, 1.82) is 0 Å². The molecule has 0 spiro atoms. The summed E-state index contributed by atoms with van der Waals surface area (Å²) in [7, 11) is 0. The Balaban J connectivity index is 1.78. The lowest BCUT2D eigenvalue weighted by Crippen LogP contribution is -2.36. The molecule has 0 saturated heterocycles. The van der Waals surface area contributed by atoms with Gasteiger partial charge in [0.25, 0.3) is 0 Å². The number of benzene rings is 2. The van der Waals surface area contributed by atoms with Gasteiger partial charge in [-0.2, -0.15) is 0 Å². The maximum absolute atomic E-state index is 14.5. The summed E-state index contributed by atoms with van der Waals surface area (Å²) in [6, 6.07) is 10.1. The zero-order chi connectivity index (χ0) is 27.2. The molecule has 0 N–H and O–H groups in total. The van der Waals surface area contributed by atoms with Crippen LogP contribution in [-0.4, -0.2) is 31.0 Å². The monoisotopic (exact) mass is 522 g/mol. The summed E-state index contributed by atoms with van der Waals surface area (Å²) < 4.78 is 58.9. The molecule has 0 saturated carbocycles. The molecule has 0 fully saturated rings. The van der Waals surface area contributed by atoms with E-state index in [4.69, 9.17) is 14.2 Å². The largest absolute Gasteiger partial charge is 0.494 e. The van der Waals surface area contributed by atoms with E-state index in [-0.39, 0.29) is 11.3 Å². The number of unbranched alkanes of at least 4 members (excludes halogenated alkanes) is 7. The molecule has 0 aliphatic carbocycles. The fourth-order valence-corrected chi connectivity index (χ4v) is 3.81. The first-order valence-electron chi connectivity index (χ1n) is 13.4. The van der Waals surface area contributed by atoms with E-state index >= 15 is 0 Å². The van der Waals surface area contributed by atoms with Crippen LogP contribution in [0.1, 0.15) is 89.4 Å². The number of hydrogen-bond donors (Lipinski definition) is 0. The molecule has 37 heavy (non-hydrogen) atoms. The molecule has 2 rings (SSSR count). The molecule has 0 aliphatic rings. The normalized spacial score (nSPS) is 13.7. The minimum atomic E-state index is -1.91. The Kier molecular flexibility index (Phi) is 13.4. The molecule has 1 unspecified atom stereocenters. The maximum Gasteiger partial charge on any atom is 0.343 e. The topological polar surface area (TPSA) is 44.8 Å². The Morgan fingerprint density at radius 1 is 0.811 bits per heavy atom. The average molecular weight is 523 g/mol. The third-order valence-corrected chi connectivity index (χ3v) is 6.17. The van der Waals surface area contributed by atoms with Crippen molar-refractivity contribution in [3.63, 3.8) is 0 Å². The van der Waals surface area contributed by atoms with Crippen molar-refractivity contribution in [1.82, 2.24) is 0 Å². The van der Waals surface area contributed by atoms with Gasteiger partial charge in [-0.3, -0.25) is 0 Å². The molecule has 2 aromatic rings. The molecule has 0 aliphatic heterocycles. The van der Waals surface area contributed by atoms with Crippen molar-refractivity contribution < 1.29 is 32.2 Å². The van der Waals surface area contributed by atoms with E-state index < -0.39 is 36.2 Å². The van der Waals surface area contributed by atoms with Crippen molar-refractivity contribution in [2.75, 3.05) is 6.61 Å². The summed E-state index contributed by atoms with van der Waals surface area (Å²) in [5.74, 6) is -1.43. The first kappa shape index (κ1) is 30.5. The lowest BCUT2D eigenvalue weighted by Gasteiger charge is -2.23. The molecule has 206 valence electrons. The summed E-state index contributed by atoms with van der Waals surface area (Å²) in [6.45, 7) is 7.31. The molecule has 7 heteroatoms. The number of carbonyl (C=O) groups is 1. The van der Waals surface area contributed by atoms with Crippen molar-refractivity contribution in [3.8, 4) is 17.2 Å². The highest BCUT2D eigenvalue weighted by Crippen LogP contribution is 2.25. The fraction of sp³-hybridized carbons (Fsp3) is 0.567. The fourth-order valence-electron chi connectivity index (χ4n) is 3.81. The number of alkyl halides is 2. The van der Waals surface area contributed by atoms with Crippen LogP contribution in [0.4, 0.5) is 13.2 Å². The highest BCUT2D eigenvalue weighted by atomic mass is 19.2. The predicted molar refractivity (Wildman–Crippen MR) is 141 cm³/mol. The van der Waals surface area contributed by atoms with Crippen LogP contribution < -0.4 is 14.2 Å². The maximum atomic E-state index is 14.5. The van der Waals surface area contributed by atoms with Gasteiger partial charge >= 0.3 is 5.97 Å². The van der Waals surface area contributed by atoms with E-state index in [1.165, 1.54) is 57.6 Å². The number of hydrogen-bond acceptors (Lipinski definition) is 4. The first-order valence-corrected chi connectivity index (χ1v) is 13.4. The predicted octanol–water partition coefficient (Wildman–Crippen LogP) is 8.66. The van der Waals surface area contributed by atoms with Crippen molar-refractivity contribution >= 4 is 5.97 Å². The van der Waals surface area contributed by atoms with Gasteiger partial charge in [-0.25, -0.2) is 18.0 Å². The van der Waals surface area contributed by atoms with Crippen molar-refractivity contribution in [2.24, 2.45) is 5.92 Å². The van der Waals surface area contributed by atoms with Gasteiger partial charge in [-0.05, 0) is 61.7 Å². The van der Waals surface area contributed by atoms with Crippen LogP contribution in [0.25, 0.3) is 0 Å². The van der Waals surface area contributed by atoms with Crippen LogP contribution >= 0.6 is 0 Å². The summed E-state index contributed by atoms with van der Waals surface area (Å²) >= 11 is 0. The van der Waals surface area contributed by atoms with Crippen LogP contribution in [-0.2, 0) is 0 Å². The van der Waals surface area contributed by atoms with E-state index in [2.05, 4.69) is 6.92 Å². The molecule has 0 aromatic heterocycles. The van der Waals surface area contributed by atoms with Crippen LogP contribution in [0.5, 0.6) is 17.2 Å². The molecule has 4 nitrogen and oxygen atoms in total. The Morgan fingerprint density at radius 2 is 1.41 bits per heavy atom. The summed E-state index contributed by atoms with van der Waals surface area (Å²) in [5, 5.41) is 0. The van der Waals surface area contributed by atoms with E-state index in [9.17, 15) is 18.0 Å². The van der Waals surface area contributed by atoms with Crippen molar-refractivity contribution in [2.45, 2.75) is 97.5 Å². The quantitative estimate of drug-likeness (QED) is 0.118. The second kappa shape index (κ2) is 16.2. The van der Waals surface area contributed by atoms with Gasteiger partial charge in [-0.15, -0.1) is 0 Å². The van der Waals surface area contributed by atoms with Crippen LogP contribution in [0.2, 0.25) is 0 Å². The molecule has 0 radical (unpaired) electrons. The van der Waals surface area contributed by atoms with Crippen LogP contribution in [0.3, 0.4) is 0 Å². The lowest BCUT2D eigenvalue weighted by atomic mass is 10.0. The van der Waals surface area contributed by atoms with E-state index in [1.54, 1.807) is 38.1 Å². The van der Waals surface area contributed by atoms with Gasteiger partial charge < -0.3 is 14.2 Å². The Morgan fingerprint density at radius 3 is 2.00 bits per heavy atom. The minimum Gasteiger partial charge on any atom is -0.494 e. The highest BCUT2D eigenvalue weighted by Gasteiger charge is 2.31. The van der Waals surface area contributed by atoms with E-state index in [1.807, 2.05) is 0 Å². The molecule has 0 heterocycles. The molecule has 2 aromatic carbocycles. The zero-order valence-electron chi connectivity index (χ0n) is 22.5. The summed E-state index contributed by atoms with van der Waals surface area (Å²) in [4.78, 5) is 12.4. The standard InChI is InChI=1S/C30H41F3O4/c1-5-6-7-8-9-10-11-12-19-35-24-14-16-25(17-15-24)37-30(34)23-13-18-27(26(31)20-23)36-22(4)29(33)28(32)21(2)3/h13-18,20-22,28-29H,5-12,19H2,1-4H3/t22-,28?,29+/m0/s1. The van der Waals surface area contributed by atoms with E-state index in [0.29, 0.717) is 18.1 Å². The first-order chi connectivity index (χ1) is 17.7. The van der Waals surface area contributed by atoms with Gasteiger partial charge in [-0.1, -0.05) is 65.7 Å². The molecule has 3 atom stereocenters. The molecule has 0 amide bonds. The number of carbonyl (C=O) groups excluding carboxylic acids is 1. The van der Waals surface area contributed by atoms with Gasteiger partial charge in [0, 0.05) is 0 Å². The third kappa shape index (κ3) is 10.7. The summed E-state index contributed by atoms with van der Waals surface area (Å²) in [6.07, 6.45) is 5.00. The average Bonchev–Trinajstić information content (AvgIpc) is 2.88. The molecule has 0 bridgehead atoms. The lowest BCUT2D eigenvalue weighted by molar-refractivity contribution is 0.0319. The number of halogens is 3. The summed E-state index contributed by atoms with van der Waals surface area (Å²) in [5.41, 5.74) is -0.0325. The van der Waals surface area contributed by atoms with Gasteiger partial charge in [0.15, 0.2) is 17.7 Å². The Labute approximate surface area is 219 Å². The van der Waals surface area contributed by atoms with Gasteiger partial charge in [0.05, 0.1) is 12.2 Å². The molecular weight excluding hydrogens is 481 g/mol. The smallest absolute Gasteiger partial charge is 0.343 e. The minimum absolute atomic E-state index is 0.0325. The molecular formula is C30H41F3O4. The van der Waals surface area contributed by atoms with Gasteiger partial charge in [0.2, 0.25) is 0 Å². The third-order valence-electron chi connectivity index (χ3n) is 6.17. The Bertz CT molecular complexity index is 933.